The average Bonchev–Trinajstić information content (AvgIpc) is 2.80. The van der Waals surface area contributed by atoms with Gasteiger partial charge in [0.15, 0.2) is 5.75 Å². The second-order valence-corrected chi connectivity index (χ2v) is 8.13. The first-order valence-corrected chi connectivity index (χ1v) is 8.85. The van der Waals surface area contributed by atoms with Gasteiger partial charge in [0.25, 0.3) is 10.0 Å². The van der Waals surface area contributed by atoms with Crippen molar-refractivity contribution in [1.29, 1.82) is 5.26 Å². The number of hydrogen-bond donors (Lipinski definition) is 1. The molecule has 5 nitrogen and oxygen atoms in total. The third-order valence-electron chi connectivity index (χ3n) is 2.47. The molecule has 0 aliphatic heterocycles. The zero-order valence-corrected chi connectivity index (χ0v) is 14.3. The molecule has 0 unspecified atom stereocenters. The van der Waals surface area contributed by atoms with Crippen LogP contribution in [0.5, 0.6) is 5.75 Å². The smallest absolute Gasteiger partial charge is 0.403 e. The standard InChI is InChI=1S/C12H5Cl2F3N2O3S2/c13-7-4-10(23-11(7)14)24(20,21)19-8-2-1-6(5-18)3-9(8)22-12(15,16)17/h1-4,19H. The molecule has 0 saturated carbocycles. The van der Waals surface area contributed by atoms with E-state index < -0.39 is 27.8 Å². The molecule has 0 atom stereocenters. The van der Waals surface area contributed by atoms with Crippen LogP contribution in [0.1, 0.15) is 5.56 Å². The summed E-state index contributed by atoms with van der Waals surface area (Å²) in [7, 11) is -4.24. The summed E-state index contributed by atoms with van der Waals surface area (Å²) in [6.45, 7) is 0. The van der Waals surface area contributed by atoms with E-state index in [4.69, 9.17) is 28.5 Å². The van der Waals surface area contributed by atoms with E-state index in [-0.39, 0.29) is 19.1 Å². The van der Waals surface area contributed by atoms with Crippen molar-refractivity contribution >= 4 is 50.2 Å². The van der Waals surface area contributed by atoms with Crippen molar-refractivity contribution in [2.75, 3.05) is 4.72 Å². The van der Waals surface area contributed by atoms with Gasteiger partial charge in [0, 0.05) is 6.07 Å². The van der Waals surface area contributed by atoms with Gasteiger partial charge in [-0.05, 0) is 18.2 Å². The number of sulfonamides is 1. The SMILES string of the molecule is N#Cc1ccc(NS(=O)(=O)c2cc(Cl)c(Cl)s2)c(OC(F)(F)F)c1. The minimum Gasteiger partial charge on any atom is -0.403 e. The summed E-state index contributed by atoms with van der Waals surface area (Å²) < 4.78 is 67.2. The van der Waals surface area contributed by atoms with Crippen molar-refractivity contribution < 1.29 is 26.3 Å². The molecule has 0 aliphatic carbocycles. The van der Waals surface area contributed by atoms with Crippen LogP contribution in [-0.2, 0) is 10.0 Å². The number of rotatable bonds is 4. The largest absolute Gasteiger partial charge is 0.573 e. The van der Waals surface area contributed by atoms with Crippen molar-refractivity contribution in [3.63, 3.8) is 0 Å². The lowest BCUT2D eigenvalue weighted by Gasteiger charge is -2.14. The van der Waals surface area contributed by atoms with Crippen LogP contribution in [0.25, 0.3) is 0 Å². The number of nitriles is 1. The van der Waals surface area contributed by atoms with Crippen LogP contribution in [0.15, 0.2) is 28.5 Å². The number of halogens is 5. The summed E-state index contributed by atoms with van der Waals surface area (Å²) in [5.41, 5.74) is -0.633. The molecule has 0 spiro atoms. The Balaban J connectivity index is 2.43. The van der Waals surface area contributed by atoms with Gasteiger partial charge in [0.05, 0.1) is 22.3 Å². The maximum absolute atomic E-state index is 12.5. The molecule has 12 heteroatoms. The number of nitrogens with one attached hydrogen (secondary N) is 1. The molecule has 1 heterocycles. The van der Waals surface area contributed by atoms with Crippen molar-refractivity contribution in [1.82, 2.24) is 0 Å². The molecule has 0 bridgehead atoms. The van der Waals surface area contributed by atoms with Gasteiger partial charge >= 0.3 is 6.36 Å². The van der Waals surface area contributed by atoms with E-state index in [2.05, 4.69) is 4.74 Å². The Morgan fingerprint density at radius 1 is 1.25 bits per heavy atom. The average molecular weight is 417 g/mol. The van der Waals surface area contributed by atoms with E-state index in [0.29, 0.717) is 11.3 Å². The van der Waals surface area contributed by atoms with Gasteiger partial charge in [0.2, 0.25) is 0 Å². The van der Waals surface area contributed by atoms with Crippen LogP contribution in [0, 0.1) is 11.3 Å². The number of thiophene rings is 1. The predicted octanol–water partition coefficient (Wildman–Crippen LogP) is 4.63. The molecule has 0 amide bonds. The molecule has 2 aromatic rings. The summed E-state index contributed by atoms with van der Waals surface area (Å²) >= 11 is 12.0. The molecular formula is C12H5Cl2F3N2O3S2. The Morgan fingerprint density at radius 3 is 2.42 bits per heavy atom. The summed E-state index contributed by atoms with van der Waals surface area (Å²) in [5, 5.41) is 8.74. The van der Waals surface area contributed by atoms with Crippen molar-refractivity contribution in [2.45, 2.75) is 10.6 Å². The molecule has 2 rings (SSSR count). The molecule has 0 aliphatic rings. The summed E-state index contributed by atoms with van der Waals surface area (Å²) in [6.07, 6.45) is -5.07. The first-order valence-electron chi connectivity index (χ1n) is 5.79. The third-order valence-corrected chi connectivity index (χ3v) is 6.17. The lowest BCUT2D eigenvalue weighted by molar-refractivity contribution is -0.274. The van der Waals surface area contributed by atoms with Crippen LogP contribution >= 0.6 is 34.5 Å². The minimum absolute atomic E-state index is 0.00589. The third kappa shape index (κ3) is 4.45. The molecule has 24 heavy (non-hydrogen) atoms. The van der Waals surface area contributed by atoms with Crippen LogP contribution in [0.2, 0.25) is 9.36 Å². The van der Waals surface area contributed by atoms with E-state index in [1.165, 1.54) is 0 Å². The van der Waals surface area contributed by atoms with Gasteiger partial charge in [-0.1, -0.05) is 23.2 Å². The van der Waals surface area contributed by atoms with Crippen molar-refractivity contribution in [2.24, 2.45) is 0 Å². The van der Waals surface area contributed by atoms with Gasteiger partial charge in [-0.3, -0.25) is 4.72 Å². The fourth-order valence-corrected chi connectivity index (χ4v) is 4.49. The minimum atomic E-state index is -5.07. The zero-order valence-electron chi connectivity index (χ0n) is 11.2. The molecule has 0 saturated heterocycles. The number of alkyl halides is 3. The predicted molar refractivity (Wildman–Crippen MR) is 83.0 cm³/mol. The Hall–Kier alpha value is -1.67. The Morgan fingerprint density at radius 2 is 1.92 bits per heavy atom. The summed E-state index contributed by atoms with van der Waals surface area (Å²) in [5.74, 6) is -0.862. The lowest BCUT2D eigenvalue weighted by Crippen LogP contribution is -2.19. The fourth-order valence-electron chi connectivity index (χ4n) is 1.54. The molecule has 1 aromatic carbocycles. The summed E-state index contributed by atoms with van der Waals surface area (Å²) in [6, 6.07) is 5.57. The maximum Gasteiger partial charge on any atom is 0.573 e. The Bertz CT molecular complexity index is 901. The van der Waals surface area contributed by atoms with Gasteiger partial charge in [-0.2, -0.15) is 5.26 Å². The Labute approximate surface area is 148 Å². The van der Waals surface area contributed by atoms with Crippen LogP contribution in [-0.4, -0.2) is 14.8 Å². The summed E-state index contributed by atoms with van der Waals surface area (Å²) in [4.78, 5) is 0. The van der Waals surface area contributed by atoms with E-state index in [1.807, 2.05) is 4.72 Å². The Kier molecular flexibility index (Phi) is 5.19. The molecule has 128 valence electrons. The molecule has 0 radical (unpaired) electrons. The molecule has 1 N–H and O–H groups in total. The second kappa shape index (κ2) is 6.68. The van der Waals surface area contributed by atoms with Gasteiger partial charge in [-0.15, -0.1) is 24.5 Å². The van der Waals surface area contributed by atoms with Crippen LogP contribution in [0.4, 0.5) is 18.9 Å². The van der Waals surface area contributed by atoms with E-state index in [1.54, 1.807) is 6.07 Å². The molecule has 0 fully saturated rings. The van der Waals surface area contributed by atoms with Crippen LogP contribution in [0.3, 0.4) is 0 Å². The molecular weight excluding hydrogens is 412 g/mol. The molecule has 1 aromatic heterocycles. The first-order chi connectivity index (χ1) is 11.0. The normalized spacial score (nSPS) is 11.8. The highest BCUT2D eigenvalue weighted by Crippen LogP contribution is 2.37. The quantitative estimate of drug-likeness (QED) is 0.787. The number of hydrogen-bond acceptors (Lipinski definition) is 5. The number of ether oxygens (including phenoxy) is 1. The van der Waals surface area contributed by atoms with E-state index in [0.717, 1.165) is 24.3 Å². The number of anilines is 1. The fraction of sp³-hybridized carbons (Fsp3) is 0.0833. The highest BCUT2D eigenvalue weighted by atomic mass is 35.5. The number of nitrogens with zero attached hydrogens (tertiary/aromatic N) is 1. The second-order valence-electron chi connectivity index (χ2n) is 4.16. The topological polar surface area (TPSA) is 79.2 Å². The van der Waals surface area contributed by atoms with E-state index in [9.17, 15) is 21.6 Å². The van der Waals surface area contributed by atoms with E-state index >= 15 is 0 Å². The van der Waals surface area contributed by atoms with Crippen molar-refractivity contribution in [3.05, 3.63) is 39.2 Å². The van der Waals surface area contributed by atoms with Gasteiger partial charge in [-0.25, -0.2) is 8.42 Å². The number of benzene rings is 1. The van der Waals surface area contributed by atoms with Gasteiger partial charge in [0.1, 0.15) is 8.55 Å². The zero-order chi connectivity index (χ0) is 18.1. The first kappa shape index (κ1) is 18.7. The van der Waals surface area contributed by atoms with Crippen molar-refractivity contribution in [3.8, 4) is 11.8 Å². The maximum atomic E-state index is 12.5. The van der Waals surface area contributed by atoms with Crippen LogP contribution < -0.4 is 9.46 Å². The van der Waals surface area contributed by atoms with Gasteiger partial charge < -0.3 is 4.74 Å². The highest BCUT2D eigenvalue weighted by molar-refractivity contribution is 7.94. The lowest BCUT2D eigenvalue weighted by atomic mass is 10.2. The highest BCUT2D eigenvalue weighted by Gasteiger charge is 2.33. The monoisotopic (exact) mass is 416 g/mol.